The fourth-order valence-corrected chi connectivity index (χ4v) is 2.63. The van der Waals surface area contributed by atoms with Gasteiger partial charge in [0.05, 0.1) is 12.0 Å². The van der Waals surface area contributed by atoms with E-state index in [4.69, 9.17) is 9.52 Å². The largest absolute Gasteiger partial charge is 0.481 e. The summed E-state index contributed by atoms with van der Waals surface area (Å²) in [6, 6.07) is 9.29. The van der Waals surface area contributed by atoms with E-state index in [1.165, 1.54) is 0 Å². The maximum atomic E-state index is 11.9. The third kappa shape index (κ3) is 2.05. The lowest BCUT2D eigenvalue weighted by molar-refractivity contribution is -0.141. The first kappa shape index (κ1) is 12.7. The Morgan fingerprint density at radius 3 is 2.85 bits per heavy atom. The number of likely N-dealkylation sites (tertiary alicyclic amines) is 1. The quantitative estimate of drug-likeness (QED) is 0.932. The highest BCUT2D eigenvalue weighted by Crippen LogP contribution is 2.31. The molecule has 2 heterocycles. The van der Waals surface area contributed by atoms with Crippen molar-refractivity contribution in [3.63, 3.8) is 0 Å². The van der Waals surface area contributed by atoms with Gasteiger partial charge in [-0.1, -0.05) is 18.2 Å². The molecule has 0 unspecified atom stereocenters. The average Bonchev–Trinajstić information content (AvgIpc) is 3.01. The number of para-hydroxylation sites is 1. The number of fused-ring (bicyclic) bond motifs is 1. The van der Waals surface area contributed by atoms with E-state index in [0.29, 0.717) is 5.76 Å². The third-order valence-electron chi connectivity index (χ3n) is 3.83. The number of rotatable bonds is 3. The van der Waals surface area contributed by atoms with Crippen molar-refractivity contribution >= 4 is 22.8 Å². The summed E-state index contributed by atoms with van der Waals surface area (Å²) in [5.74, 6) is -0.983. The van der Waals surface area contributed by atoms with E-state index < -0.39 is 11.9 Å². The van der Waals surface area contributed by atoms with Gasteiger partial charge >= 0.3 is 5.97 Å². The van der Waals surface area contributed by atoms with Gasteiger partial charge < -0.3 is 14.4 Å². The molecule has 104 valence electrons. The molecule has 1 aromatic carbocycles. The van der Waals surface area contributed by atoms with Gasteiger partial charge in [-0.25, -0.2) is 0 Å². The Morgan fingerprint density at radius 2 is 2.20 bits per heavy atom. The zero-order valence-electron chi connectivity index (χ0n) is 11.1. The highest BCUT2D eigenvalue weighted by atomic mass is 16.4. The fourth-order valence-electron chi connectivity index (χ4n) is 2.63. The van der Waals surface area contributed by atoms with Gasteiger partial charge in [0.2, 0.25) is 5.91 Å². The average molecular weight is 273 g/mol. The van der Waals surface area contributed by atoms with Crippen LogP contribution < -0.4 is 0 Å². The SMILES string of the molecule is C[C@@H](c1cc2ccccc2o1)N1C[C@H](C(=O)O)CC1=O. The van der Waals surface area contributed by atoms with Gasteiger partial charge in [0, 0.05) is 18.4 Å². The van der Waals surface area contributed by atoms with E-state index in [1.807, 2.05) is 37.3 Å². The van der Waals surface area contributed by atoms with E-state index in [9.17, 15) is 9.59 Å². The molecule has 1 amide bonds. The molecule has 2 atom stereocenters. The zero-order valence-corrected chi connectivity index (χ0v) is 11.1. The molecule has 1 aromatic heterocycles. The normalized spacial score (nSPS) is 20.6. The Balaban J connectivity index is 1.87. The molecule has 2 aromatic rings. The molecule has 0 bridgehead atoms. The van der Waals surface area contributed by atoms with E-state index >= 15 is 0 Å². The topological polar surface area (TPSA) is 70.8 Å². The molecular formula is C15H15NO4. The van der Waals surface area contributed by atoms with Crippen LogP contribution in [0.2, 0.25) is 0 Å². The lowest BCUT2D eigenvalue weighted by Crippen LogP contribution is -2.29. The Labute approximate surface area is 115 Å². The number of hydrogen-bond donors (Lipinski definition) is 1. The first-order chi connectivity index (χ1) is 9.56. The van der Waals surface area contributed by atoms with Crippen molar-refractivity contribution < 1.29 is 19.1 Å². The number of benzene rings is 1. The lowest BCUT2D eigenvalue weighted by Gasteiger charge is -2.22. The van der Waals surface area contributed by atoms with Crippen molar-refractivity contribution in [3.05, 3.63) is 36.1 Å². The number of hydrogen-bond acceptors (Lipinski definition) is 3. The second-order valence-electron chi connectivity index (χ2n) is 5.15. The number of carbonyl (C=O) groups is 2. The van der Waals surface area contributed by atoms with Crippen molar-refractivity contribution in [2.45, 2.75) is 19.4 Å². The summed E-state index contributed by atoms with van der Waals surface area (Å²) in [5.41, 5.74) is 0.774. The Bertz CT molecular complexity index is 642. The van der Waals surface area contributed by atoms with E-state index in [2.05, 4.69) is 0 Å². The van der Waals surface area contributed by atoms with Crippen molar-refractivity contribution in [1.82, 2.24) is 4.90 Å². The Morgan fingerprint density at radius 1 is 1.45 bits per heavy atom. The van der Waals surface area contributed by atoms with Crippen molar-refractivity contribution in [2.24, 2.45) is 5.92 Å². The van der Waals surface area contributed by atoms with Crippen LogP contribution in [0.5, 0.6) is 0 Å². The van der Waals surface area contributed by atoms with Crippen molar-refractivity contribution in [1.29, 1.82) is 0 Å². The second kappa shape index (κ2) is 4.67. The molecule has 0 spiro atoms. The van der Waals surface area contributed by atoms with Crippen LogP contribution in [0.3, 0.4) is 0 Å². The summed E-state index contributed by atoms with van der Waals surface area (Å²) in [4.78, 5) is 24.5. The molecule has 1 aliphatic heterocycles. The number of carboxylic acid groups (broad SMARTS) is 1. The number of carbonyl (C=O) groups excluding carboxylic acids is 1. The van der Waals surface area contributed by atoms with Crippen molar-refractivity contribution in [2.75, 3.05) is 6.54 Å². The number of carboxylic acids is 1. The first-order valence-electron chi connectivity index (χ1n) is 6.57. The van der Waals surface area contributed by atoms with Crippen LogP contribution in [0.4, 0.5) is 0 Å². The van der Waals surface area contributed by atoms with Crippen LogP contribution in [0.1, 0.15) is 25.1 Å². The minimum absolute atomic E-state index is 0.0693. The smallest absolute Gasteiger partial charge is 0.308 e. The van der Waals surface area contributed by atoms with E-state index in [1.54, 1.807) is 4.90 Å². The van der Waals surface area contributed by atoms with Crippen LogP contribution in [-0.2, 0) is 9.59 Å². The summed E-state index contributed by atoms with van der Waals surface area (Å²) in [7, 11) is 0. The summed E-state index contributed by atoms with van der Waals surface area (Å²) in [5, 5.41) is 10.00. The highest BCUT2D eigenvalue weighted by Gasteiger charge is 2.37. The maximum Gasteiger partial charge on any atom is 0.308 e. The van der Waals surface area contributed by atoms with Crippen molar-refractivity contribution in [3.8, 4) is 0 Å². The maximum absolute atomic E-state index is 11.9. The van der Waals surface area contributed by atoms with Gasteiger partial charge in [-0.3, -0.25) is 9.59 Å². The van der Waals surface area contributed by atoms with Gasteiger partial charge in [0.25, 0.3) is 0 Å². The van der Waals surface area contributed by atoms with Gasteiger partial charge in [-0.2, -0.15) is 0 Å². The number of amides is 1. The predicted molar refractivity (Wildman–Crippen MR) is 72.1 cm³/mol. The molecule has 1 fully saturated rings. The number of furan rings is 1. The van der Waals surface area contributed by atoms with E-state index in [-0.39, 0.29) is 24.9 Å². The summed E-state index contributed by atoms with van der Waals surface area (Å²) < 4.78 is 5.74. The van der Waals surface area contributed by atoms with Crippen LogP contribution in [0.25, 0.3) is 11.0 Å². The molecule has 20 heavy (non-hydrogen) atoms. The Hall–Kier alpha value is -2.30. The standard InChI is InChI=1S/C15H15NO4/c1-9(16-8-11(15(18)19)7-14(16)17)13-6-10-4-2-3-5-12(10)20-13/h2-6,9,11H,7-8H2,1H3,(H,18,19)/t9-,11+/m0/s1. The third-order valence-corrected chi connectivity index (χ3v) is 3.83. The lowest BCUT2D eigenvalue weighted by atomic mass is 10.1. The van der Waals surface area contributed by atoms with E-state index in [0.717, 1.165) is 11.0 Å². The second-order valence-corrected chi connectivity index (χ2v) is 5.15. The highest BCUT2D eigenvalue weighted by molar-refractivity contribution is 5.86. The molecule has 1 aliphatic rings. The minimum Gasteiger partial charge on any atom is -0.481 e. The molecule has 0 saturated carbocycles. The summed E-state index contributed by atoms with van der Waals surface area (Å²) >= 11 is 0. The van der Waals surface area contributed by atoms with Crippen LogP contribution in [0.15, 0.2) is 34.7 Å². The Kier molecular flexibility index (Phi) is 2.97. The minimum atomic E-state index is -0.919. The molecule has 3 rings (SSSR count). The van der Waals surface area contributed by atoms with Crippen LogP contribution in [0, 0.1) is 5.92 Å². The fraction of sp³-hybridized carbons (Fsp3) is 0.333. The molecular weight excluding hydrogens is 258 g/mol. The van der Waals surface area contributed by atoms with Gasteiger partial charge in [-0.15, -0.1) is 0 Å². The van der Waals surface area contributed by atoms with Gasteiger partial charge in [-0.05, 0) is 19.1 Å². The summed E-state index contributed by atoms with van der Waals surface area (Å²) in [6.45, 7) is 2.10. The monoisotopic (exact) mass is 273 g/mol. The molecule has 1 saturated heterocycles. The molecule has 5 heteroatoms. The molecule has 5 nitrogen and oxygen atoms in total. The first-order valence-corrected chi connectivity index (χ1v) is 6.57. The number of nitrogens with zero attached hydrogens (tertiary/aromatic N) is 1. The zero-order chi connectivity index (χ0) is 14.3. The summed E-state index contributed by atoms with van der Waals surface area (Å²) in [6.07, 6.45) is 0.0693. The molecule has 0 aliphatic carbocycles. The van der Waals surface area contributed by atoms with Gasteiger partial charge in [0.1, 0.15) is 11.3 Å². The number of aliphatic carboxylic acids is 1. The van der Waals surface area contributed by atoms with Crippen LogP contribution >= 0.6 is 0 Å². The predicted octanol–water partition coefficient (Wildman–Crippen LogP) is 2.43. The van der Waals surface area contributed by atoms with Crippen LogP contribution in [-0.4, -0.2) is 28.4 Å². The molecule has 1 N–H and O–H groups in total. The van der Waals surface area contributed by atoms with Gasteiger partial charge in [0.15, 0.2) is 0 Å². The molecule has 0 radical (unpaired) electrons.